The summed E-state index contributed by atoms with van der Waals surface area (Å²) in [5, 5.41) is 5.67. The first-order chi connectivity index (χ1) is 10.6. The van der Waals surface area contributed by atoms with E-state index in [9.17, 15) is 18.0 Å². The highest BCUT2D eigenvalue weighted by atomic mass is 32.1. The van der Waals surface area contributed by atoms with Crippen molar-refractivity contribution in [2.24, 2.45) is 0 Å². The number of alkyl halides is 3. The minimum Gasteiger partial charge on any atom is -0.326 e. The molecule has 0 bridgehead atoms. The molecule has 0 spiro atoms. The highest BCUT2D eigenvalue weighted by molar-refractivity contribution is 7.11. The van der Waals surface area contributed by atoms with E-state index in [1.165, 1.54) is 11.3 Å². The number of thiazole rings is 1. The lowest BCUT2D eigenvalue weighted by molar-refractivity contribution is -0.137. The van der Waals surface area contributed by atoms with Crippen LogP contribution in [0.25, 0.3) is 0 Å². The quantitative estimate of drug-likeness (QED) is 0.887. The molecule has 0 atom stereocenters. The summed E-state index contributed by atoms with van der Waals surface area (Å²) < 4.78 is 37.9. The molecule has 0 aliphatic rings. The number of halogens is 3. The minimum atomic E-state index is -4.49. The Kier molecular flexibility index (Phi) is 4.60. The molecule has 2 aromatic rings. The molecule has 23 heavy (non-hydrogen) atoms. The first-order valence-electron chi connectivity index (χ1n) is 6.63. The minimum absolute atomic E-state index is 0.177. The van der Waals surface area contributed by atoms with Crippen LogP contribution in [0.4, 0.5) is 23.8 Å². The Morgan fingerprint density at radius 2 is 1.96 bits per heavy atom. The third kappa shape index (κ3) is 4.41. The van der Waals surface area contributed by atoms with Gasteiger partial charge in [0.1, 0.15) is 10.8 Å². The number of amides is 2. The summed E-state index contributed by atoms with van der Waals surface area (Å²) in [6.07, 6.45) is -1.81. The van der Waals surface area contributed by atoms with Crippen molar-refractivity contribution in [1.82, 2.24) is 15.3 Å². The molecule has 2 N–H and O–H groups in total. The van der Waals surface area contributed by atoms with Gasteiger partial charge in [-0.3, -0.25) is 5.32 Å². The van der Waals surface area contributed by atoms with E-state index in [2.05, 4.69) is 20.6 Å². The number of rotatable bonds is 3. The van der Waals surface area contributed by atoms with Crippen LogP contribution in [0.1, 0.15) is 29.3 Å². The zero-order chi connectivity index (χ0) is 17.3. The zero-order valence-electron chi connectivity index (χ0n) is 12.7. The number of carbonyl (C=O) groups is 1. The number of urea groups is 1. The van der Waals surface area contributed by atoms with Crippen LogP contribution in [0.3, 0.4) is 0 Å². The number of nitrogens with zero attached hydrogens (tertiary/aromatic N) is 2. The fraction of sp³-hybridized carbons (Fsp3) is 0.357. The van der Waals surface area contributed by atoms with Gasteiger partial charge in [-0.05, 0) is 32.9 Å². The maximum Gasteiger partial charge on any atom is 0.416 e. The highest BCUT2D eigenvalue weighted by Gasteiger charge is 2.31. The molecule has 0 fully saturated rings. The molecule has 0 saturated heterocycles. The molecule has 5 nitrogen and oxygen atoms in total. The van der Waals surface area contributed by atoms with Gasteiger partial charge >= 0.3 is 12.2 Å². The van der Waals surface area contributed by atoms with Gasteiger partial charge in [-0.1, -0.05) is 0 Å². The summed E-state index contributed by atoms with van der Waals surface area (Å²) in [4.78, 5) is 20.9. The van der Waals surface area contributed by atoms with Crippen LogP contribution in [0.5, 0.6) is 0 Å². The summed E-state index contributed by atoms with van der Waals surface area (Å²) >= 11 is 1.43. The van der Waals surface area contributed by atoms with Crippen LogP contribution in [-0.4, -0.2) is 16.0 Å². The second-order valence-electron chi connectivity index (χ2n) is 5.41. The summed E-state index contributed by atoms with van der Waals surface area (Å²) in [6.45, 7) is 5.40. The number of aryl methyl sites for hydroxylation is 1. The van der Waals surface area contributed by atoms with Gasteiger partial charge in [-0.15, -0.1) is 11.3 Å². The lowest BCUT2D eigenvalue weighted by atomic mass is 10.1. The number of aromatic nitrogens is 2. The van der Waals surface area contributed by atoms with Gasteiger partial charge < -0.3 is 5.32 Å². The molecular formula is C14H15F3N4OS. The maximum atomic E-state index is 12.6. The largest absolute Gasteiger partial charge is 0.416 e. The van der Waals surface area contributed by atoms with E-state index in [1.54, 1.807) is 20.0 Å². The number of hydrogen-bond acceptors (Lipinski definition) is 4. The van der Waals surface area contributed by atoms with E-state index in [0.29, 0.717) is 5.01 Å². The van der Waals surface area contributed by atoms with E-state index in [1.807, 2.05) is 6.92 Å². The molecule has 0 radical (unpaired) electrons. The third-order valence-electron chi connectivity index (χ3n) is 2.91. The van der Waals surface area contributed by atoms with Crippen LogP contribution in [-0.2, 0) is 11.7 Å². The first kappa shape index (κ1) is 17.2. The summed E-state index contributed by atoms with van der Waals surface area (Å²) in [5.41, 5.74) is -1.64. The van der Waals surface area contributed by atoms with Crippen molar-refractivity contribution in [3.8, 4) is 0 Å². The van der Waals surface area contributed by atoms with Crippen molar-refractivity contribution in [3.63, 3.8) is 0 Å². The molecule has 9 heteroatoms. The fourth-order valence-corrected chi connectivity index (χ4v) is 2.63. The van der Waals surface area contributed by atoms with Gasteiger partial charge in [0.2, 0.25) is 0 Å². The molecule has 2 amide bonds. The van der Waals surface area contributed by atoms with E-state index in [-0.39, 0.29) is 5.82 Å². The average Bonchev–Trinajstić information content (AvgIpc) is 2.85. The van der Waals surface area contributed by atoms with Crippen LogP contribution in [0.2, 0.25) is 0 Å². The summed E-state index contributed by atoms with van der Waals surface area (Å²) in [5.74, 6) is -0.177. The average molecular weight is 344 g/mol. The van der Waals surface area contributed by atoms with E-state index in [0.717, 1.165) is 23.2 Å². The highest BCUT2D eigenvalue weighted by Crippen LogP contribution is 2.30. The molecule has 0 unspecified atom stereocenters. The van der Waals surface area contributed by atoms with Gasteiger partial charge in [0.15, 0.2) is 0 Å². The SMILES string of the molecule is Cc1cnc(C(C)(C)NC(=O)Nc2cc(C(F)(F)F)ccn2)s1. The molecule has 2 heterocycles. The van der Waals surface area contributed by atoms with Gasteiger partial charge in [0, 0.05) is 17.3 Å². The molecule has 0 aliphatic carbocycles. The van der Waals surface area contributed by atoms with Crippen molar-refractivity contribution in [2.45, 2.75) is 32.5 Å². The van der Waals surface area contributed by atoms with Gasteiger partial charge in [0.05, 0.1) is 11.1 Å². The Morgan fingerprint density at radius 1 is 1.26 bits per heavy atom. The lowest BCUT2D eigenvalue weighted by Crippen LogP contribution is -2.43. The molecular weight excluding hydrogens is 329 g/mol. The number of carbonyl (C=O) groups excluding carboxylic acids is 1. The summed E-state index contributed by atoms with van der Waals surface area (Å²) in [6, 6.07) is 0.959. The third-order valence-corrected chi connectivity index (χ3v) is 4.15. The van der Waals surface area contributed by atoms with E-state index >= 15 is 0 Å². The molecule has 2 rings (SSSR count). The Morgan fingerprint density at radius 3 is 2.52 bits per heavy atom. The lowest BCUT2D eigenvalue weighted by Gasteiger charge is -2.23. The smallest absolute Gasteiger partial charge is 0.326 e. The molecule has 0 saturated carbocycles. The number of pyridine rings is 1. The van der Waals surface area contributed by atoms with E-state index in [4.69, 9.17) is 0 Å². The number of nitrogens with one attached hydrogen (secondary N) is 2. The molecule has 0 aliphatic heterocycles. The second kappa shape index (κ2) is 6.15. The zero-order valence-corrected chi connectivity index (χ0v) is 13.5. The fourth-order valence-electron chi connectivity index (χ4n) is 1.80. The van der Waals surface area contributed by atoms with Crippen molar-refractivity contribution in [2.75, 3.05) is 5.32 Å². The van der Waals surface area contributed by atoms with Crippen LogP contribution in [0.15, 0.2) is 24.5 Å². The molecule has 124 valence electrons. The van der Waals surface area contributed by atoms with Crippen molar-refractivity contribution < 1.29 is 18.0 Å². The predicted octanol–water partition coefficient (Wildman–Crippen LogP) is 3.92. The first-order valence-corrected chi connectivity index (χ1v) is 7.45. The van der Waals surface area contributed by atoms with Crippen LogP contribution < -0.4 is 10.6 Å². The van der Waals surface area contributed by atoms with Crippen molar-refractivity contribution in [3.05, 3.63) is 40.0 Å². The van der Waals surface area contributed by atoms with Gasteiger partial charge in [-0.25, -0.2) is 14.8 Å². The Bertz CT molecular complexity index is 712. The van der Waals surface area contributed by atoms with Gasteiger partial charge in [-0.2, -0.15) is 13.2 Å². The van der Waals surface area contributed by atoms with Crippen molar-refractivity contribution >= 4 is 23.2 Å². The van der Waals surface area contributed by atoms with Gasteiger partial charge in [0.25, 0.3) is 0 Å². The Labute approximate surface area is 135 Å². The second-order valence-corrected chi connectivity index (χ2v) is 6.64. The molecule has 2 aromatic heterocycles. The number of anilines is 1. The van der Waals surface area contributed by atoms with Crippen LogP contribution >= 0.6 is 11.3 Å². The Balaban J connectivity index is 2.08. The standard InChI is InChI=1S/C14H15F3N4OS/c1-8-7-19-11(23-8)13(2,3)21-12(22)20-10-6-9(4-5-18-10)14(15,16)17/h4-7H,1-3H3,(H2,18,20,21,22). The van der Waals surface area contributed by atoms with Crippen molar-refractivity contribution in [1.29, 1.82) is 0 Å². The monoisotopic (exact) mass is 344 g/mol. The normalized spacial score (nSPS) is 12.1. The predicted molar refractivity (Wildman–Crippen MR) is 81.3 cm³/mol. The summed E-state index contributed by atoms with van der Waals surface area (Å²) in [7, 11) is 0. The topological polar surface area (TPSA) is 66.9 Å². The van der Waals surface area contributed by atoms with Crippen LogP contribution in [0, 0.1) is 6.92 Å². The Hall–Kier alpha value is -2.16. The molecule has 0 aromatic carbocycles. The maximum absolute atomic E-state index is 12.6. The van der Waals surface area contributed by atoms with E-state index < -0.39 is 23.3 Å². The number of hydrogen-bond donors (Lipinski definition) is 2.